The zero-order valence-corrected chi connectivity index (χ0v) is 11.2. The van der Waals surface area contributed by atoms with Gasteiger partial charge in [-0.1, -0.05) is 46.4 Å². The fraction of sp³-hybridized carbons (Fsp3) is 0. The van der Waals surface area contributed by atoms with E-state index in [1.807, 2.05) is 0 Å². The molecule has 0 radical (unpaired) electrons. The zero-order valence-electron chi connectivity index (χ0n) is 8.15. The second kappa shape index (κ2) is 4.99. The fourth-order valence-electron chi connectivity index (χ4n) is 1.35. The average Bonchev–Trinajstić information content (AvgIpc) is 2.27. The molecule has 0 aliphatic rings. The Balaban J connectivity index is 2.68. The number of nitrogens with zero attached hydrogens (tertiary/aromatic N) is 1. The lowest BCUT2D eigenvalue weighted by molar-refractivity contribution is 0.584. The van der Waals surface area contributed by atoms with E-state index in [1.54, 1.807) is 0 Å². The molecule has 17 heavy (non-hydrogen) atoms. The van der Waals surface area contributed by atoms with Crippen molar-refractivity contribution in [2.45, 2.75) is 0 Å². The van der Waals surface area contributed by atoms with Gasteiger partial charge in [0, 0.05) is 23.4 Å². The second-order valence-electron chi connectivity index (χ2n) is 3.23. The van der Waals surface area contributed by atoms with Crippen molar-refractivity contribution >= 4 is 46.4 Å². The molecule has 0 bridgehead atoms. The van der Waals surface area contributed by atoms with Gasteiger partial charge in [-0.3, -0.25) is 0 Å². The van der Waals surface area contributed by atoms with Crippen LogP contribution in [0.25, 0.3) is 11.1 Å². The smallest absolute Gasteiger partial charge is 0.213 e. The molecule has 2 rings (SSSR count). The van der Waals surface area contributed by atoms with Gasteiger partial charge in [0.15, 0.2) is 0 Å². The molecule has 0 aliphatic carbocycles. The van der Waals surface area contributed by atoms with Gasteiger partial charge >= 0.3 is 0 Å². The van der Waals surface area contributed by atoms with Crippen molar-refractivity contribution in [3.05, 3.63) is 50.4 Å². The second-order valence-corrected chi connectivity index (χ2v) is 4.86. The van der Waals surface area contributed by atoms with E-state index in [1.165, 1.54) is 24.4 Å². The lowest BCUT2D eigenvalue weighted by atomic mass is 10.1. The summed E-state index contributed by atoms with van der Waals surface area (Å²) in [4.78, 5) is 3.43. The van der Waals surface area contributed by atoms with Gasteiger partial charge in [0.25, 0.3) is 0 Å². The summed E-state index contributed by atoms with van der Waals surface area (Å²) in [6, 6.07) is 4.20. The van der Waals surface area contributed by atoms with Crippen molar-refractivity contribution in [2.24, 2.45) is 0 Å². The van der Waals surface area contributed by atoms with Gasteiger partial charge < -0.3 is 0 Å². The summed E-state index contributed by atoms with van der Waals surface area (Å²) in [6.07, 6.45) is 1.21. The Bertz CT molecular complexity index is 586. The van der Waals surface area contributed by atoms with E-state index in [4.69, 9.17) is 46.4 Å². The third-order valence-corrected chi connectivity index (χ3v) is 3.46. The Labute approximate surface area is 117 Å². The van der Waals surface area contributed by atoms with Crippen LogP contribution in [-0.4, -0.2) is 4.98 Å². The van der Waals surface area contributed by atoms with E-state index < -0.39 is 5.95 Å². The largest absolute Gasteiger partial charge is 0.227 e. The Morgan fingerprint density at radius 3 is 2.06 bits per heavy atom. The van der Waals surface area contributed by atoms with Gasteiger partial charge in [0.2, 0.25) is 5.95 Å². The van der Waals surface area contributed by atoms with E-state index in [0.29, 0.717) is 26.2 Å². The van der Waals surface area contributed by atoms with Crippen molar-refractivity contribution in [3.63, 3.8) is 0 Å². The quantitative estimate of drug-likeness (QED) is 0.500. The highest BCUT2D eigenvalue weighted by atomic mass is 35.5. The van der Waals surface area contributed by atoms with Crippen molar-refractivity contribution in [1.82, 2.24) is 4.98 Å². The lowest BCUT2D eigenvalue weighted by Gasteiger charge is -2.08. The molecule has 88 valence electrons. The molecule has 0 spiro atoms. The summed E-state index contributed by atoms with van der Waals surface area (Å²) in [5.41, 5.74) is 0.926. The number of rotatable bonds is 1. The number of hydrogen-bond donors (Lipinski definition) is 0. The van der Waals surface area contributed by atoms with Crippen LogP contribution in [0.15, 0.2) is 24.4 Å². The molecule has 0 unspecified atom stereocenters. The van der Waals surface area contributed by atoms with E-state index in [0.717, 1.165) is 0 Å². The maximum absolute atomic E-state index is 13.1. The van der Waals surface area contributed by atoms with E-state index in [9.17, 15) is 4.39 Å². The minimum atomic E-state index is -0.647. The average molecular weight is 311 g/mol. The van der Waals surface area contributed by atoms with Crippen molar-refractivity contribution in [1.29, 1.82) is 0 Å². The minimum absolute atomic E-state index is 0.284. The van der Waals surface area contributed by atoms with Crippen LogP contribution >= 0.6 is 46.4 Å². The maximum Gasteiger partial charge on any atom is 0.213 e. The molecule has 2 aromatic rings. The molecular weight excluding hydrogens is 307 g/mol. The highest BCUT2D eigenvalue weighted by Crippen LogP contribution is 2.38. The lowest BCUT2D eigenvalue weighted by Crippen LogP contribution is -1.87. The van der Waals surface area contributed by atoms with Gasteiger partial charge in [0.1, 0.15) is 0 Å². The van der Waals surface area contributed by atoms with Crippen LogP contribution in [0.2, 0.25) is 20.1 Å². The molecule has 0 atom stereocenters. The Morgan fingerprint density at radius 2 is 1.35 bits per heavy atom. The van der Waals surface area contributed by atoms with E-state index >= 15 is 0 Å². The van der Waals surface area contributed by atoms with E-state index in [2.05, 4.69) is 4.98 Å². The van der Waals surface area contributed by atoms with Crippen molar-refractivity contribution in [2.75, 3.05) is 0 Å². The standard InChI is InChI=1S/C11H4Cl4FN/c12-7-3-9(14)8(13)1-5(7)6-2-11(16)17-4-10(6)15/h1-4H. The summed E-state index contributed by atoms with van der Waals surface area (Å²) in [7, 11) is 0. The van der Waals surface area contributed by atoms with Crippen LogP contribution in [0.1, 0.15) is 0 Å². The zero-order chi connectivity index (χ0) is 12.6. The number of halogens is 5. The highest BCUT2D eigenvalue weighted by Gasteiger charge is 2.12. The molecule has 6 heteroatoms. The molecule has 0 fully saturated rings. The van der Waals surface area contributed by atoms with Crippen LogP contribution in [0.5, 0.6) is 0 Å². The fourth-order valence-corrected chi connectivity index (χ4v) is 2.20. The molecule has 0 aliphatic heterocycles. The van der Waals surface area contributed by atoms with E-state index in [-0.39, 0.29) is 5.02 Å². The monoisotopic (exact) mass is 309 g/mol. The minimum Gasteiger partial charge on any atom is -0.227 e. The first-order valence-electron chi connectivity index (χ1n) is 4.45. The van der Waals surface area contributed by atoms with Gasteiger partial charge in [-0.05, 0) is 12.1 Å². The van der Waals surface area contributed by atoms with Crippen LogP contribution in [0.3, 0.4) is 0 Å². The molecular formula is C11H4Cl4FN. The van der Waals surface area contributed by atoms with Gasteiger partial charge in [0.05, 0.1) is 20.1 Å². The van der Waals surface area contributed by atoms with Crippen LogP contribution in [0, 0.1) is 5.95 Å². The number of benzene rings is 1. The van der Waals surface area contributed by atoms with Crippen LogP contribution in [0.4, 0.5) is 4.39 Å². The Kier molecular flexibility index (Phi) is 3.79. The predicted octanol–water partition coefficient (Wildman–Crippen LogP) is 5.50. The summed E-state index contributed by atoms with van der Waals surface area (Å²) in [5.74, 6) is -0.647. The molecule has 1 heterocycles. The van der Waals surface area contributed by atoms with Gasteiger partial charge in [-0.25, -0.2) is 4.98 Å². The third-order valence-electron chi connectivity index (χ3n) is 2.12. The molecule has 0 saturated heterocycles. The summed E-state index contributed by atoms with van der Waals surface area (Å²) < 4.78 is 13.1. The van der Waals surface area contributed by atoms with Crippen LogP contribution < -0.4 is 0 Å². The molecule has 0 saturated carbocycles. The SMILES string of the molecule is Fc1cc(-c2cc(Cl)c(Cl)cc2Cl)c(Cl)cn1. The number of pyridine rings is 1. The highest BCUT2D eigenvalue weighted by molar-refractivity contribution is 6.44. The molecule has 0 amide bonds. The van der Waals surface area contributed by atoms with Crippen molar-refractivity contribution < 1.29 is 4.39 Å². The third kappa shape index (κ3) is 2.66. The number of aromatic nitrogens is 1. The van der Waals surface area contributed by atoms with Crippen LogP contribution in [-0.2, 0) is 0 Å². The maximum atomic E-state index is 13.1. The first kappa shape index (κ1) is 12.9. The normalized spacial score (nSPS) is 10.6. The topological polar surface area (TPSA) is 12.9 Å². The molecule has 1 nitrogen and oxygen atoms in total. The van der Waals surface area contributed by atoms with Crippen molar-refractivity contribution in [3.8, 4) is 11.1 Å². The first-order chi connectivity index (χ1) is 7.99. The summed E-state index contributed by atoms with van der Waals surface area (Å²) in [6.45, 7) is 0. The van der Waals surface area contributed by atoms with Gasteiger partial charge in [-0.15, -0.1) is 0 Å². The molecule has 1 aromatic heterocycles. The molecule has 1 aromatic carbocycles. The predicted molar refractivity (Wildman–Crippen MR) is 69.7 cm³/mol. The number of hydrogen-bond acceptors (Lipinski definition) is 1. The first-order valence-corrected chi connectivity index (χ1v) is 5.96. The molecule has 0 N–H and O–H groups in total. The Morgan fingerprint density at radius 1 is 0.765 bits per heavy atom. The summed E-state index contributed by atoms with van der Waals surface area (Å²) in [5, 5.41) is 1.27. The Hall–Kier alpha value is -0.540. The van der Waals surface area contributed by atoms with Gasteiger partial charge in [-0.2, -0.15) is 4.39 Å². The summed E-state index contributed by atoms with van der Waals surface area (Å²) >= 11 is 23.6.